The van der Waals surface area contributed by atoms with E-state index in [-0.39, 0.29) is 5.39 Å². The molecule has 0 radical (unpaired) electrons. The first kappa shape index (κ1) is 19.6. The third-order valence-corrected chi connectivity index (χ3v) is 5.56. The Bertz CT molecular complexity index is 1180. The summed E-state index contributed by atoms with van der Waals surface area (Å²) in [5, 5.41) is 0.923. The van der Waals surface area contributed by atoms with Gasteiger partial charge < -0.3 is 4.98 Å². The summed E-state index contributed by atoms with van der Waals surface area (Å²) in [5.41, 5.74) is 1.94. The molecule has 2 aromatic carbocycles. The zero-order chi connectivity index (χ0) is 20.4. The fourth-order valence-electron chi connectivity index (χ4n) is 3.72. The van der Waals surface area contributed by atoms with Crippen LogP contribution in [0.25, 0.3) is 16.5 Å². The lowest BCUT2D eigenvalue weighted by Gasteiger charge is -2.26. The molecule has 0 aliphatic carbocycles. The SMILES string of the molecule is O=c1[nH]c2ccc(F)cc2c(=O)n1CCCN1CC=C(c2ccc(Cl)cc2)CC1. The van der Waals surface area contributed by atoms with Crippen LogP contribution < -0.4 is 11.2 Å². The van der Waals surface area contributed by atoms with Crippen molar-refractivity contribution in [1.82, 2.24) is 14.5 Å². The van der Waals surface area contributed by atoms with Crippen molar-refractivity contribution in [1.29, 1.82) is 0 Å². The second-order valence-electron chi connectivity index (χ2n) is 7.22. The van der Waals surface area contributed by atoms with Crippen molar-refractivity contribution in [3.63, 3.8) is 0 Å². The largest absolute Gasteiger partial charge is 0.328 e. The van der Waals surface area contributed by atoms with E-state index in [0.29, 0.717) is 18.5 Å². The molecule has 4 rings (SSSR count). The van der Waals surface area contributed by atoms with Crippen LogP contribution in [0, 0.1) is 5.82 Å². The van der Waals surface area contributed by atoms with Gasteiger partial charge in [0.1, 0.15) is 5.82 Å². The first-order valence-electron chi connectivity index (χ1n) is 9.61. The Labute approximate surface area is 172 Å². The van der Waals surface area contributed by atoms with Crippen LogP contribution in [0.5, 0.6) is 0 Å². The van der Waals surface area contributed by atoms with E-state index in [1.807, 2.05) is 24.3 Å². The topological polar surface area (TPSA) is 58.1 Å². The molecule has 0 bridgehead atoms. The highest BCUT2D eigenvalue weighted by Gasteiger charge is 2.14. The number of hydrogen-bond donors (Lipinski definition) is 1. The van der Waals surface area contributed by atoms with Crippen LogP contribution >= 0.6 is 11.6 Å². The molecule has 2 heterocycles. The van der Waals surface area contributed by atoms with E-state index < -0.39 is 17.1 Å². The second-order valence-corrected chi connectivity index (χ2v) is 7.65. The Balaban J connectivity index is 1.39. The third-order valence-electron chi connectivity index (χ3n) is 5.31. The maximum atomic E-state index is 13.5. The van der Waals surface area contributed by atoms with Crippen molar-refractivity contribution < 1.29 is 4.39 Å². The summed E-state index contributed by atoms with van der Waals surface area (Å²) in [5.74, 6) is -0.496. The number of benzene rings is 2. The third kappa shape index (κ3) is 4.33. The molecular weight excluding hydrogens is 393 g/mol. The number of aromatic nitrogens is 2. The summed E-state index contributed by atoms with van der Waals surface area (Å²) >= 11 is 5.95. The van der Waals surface area contributed by atoms with Crippen molar-refractivity contribution >= 4 is 28.1 Å². The van der Waals surface area contributed by atoms with Gasteiger partial charge in [-0.3, -0.25) is 14.3 Å². The predicted molar refractivity (Wildman–Crippen MR) is 114 cm³/mol. The number of aromatic amines is 1. The van der Waals surface area contributed by atoms with E-state index in [4.69, 9.17) is 11.6 Å². The molecule has 0 atom stereocenters. The smallest absolute Gasteiger partial charge is 0.307 e. The van der Waals surface area contributed by atoms with Crippen LogP contribution in [0.2, 0.25) is 5.02 Å². The van der Waals surface area contributed by atoms with Gasteiger partial charge in [0, 0.05) is 31.2 Å². The van der Waals surface area contributed by atoms with Crippen molar-refractivity contribution in [3.8, 4) is 0 Å². The summed E-state index contributed by atoms with van der Waals surface area (Å²) in [6.45, 7) is 2.82. The molecule has 0 spiro atoms. The van der Waals surface area contributed by atoms with Crippen molar-refractivity contribution in [2.45, 2.75) is 19.4 Å². The molecule has 1 aliphatic heterocycles. The Morgan fingerprint density at radius 2 is 1.86 bits per heavy atom. The van der Waals surface area contributed by atoms with Crippen LogP contribution in [0.1, 0.15) is 18.4 Å². The summed E-state index contributed by atoms with van der Waals surface area (Å²) < 4.78 is 14.6. The highest BCUT2D eigenvalue weighted by molar-refractivity contribution is 6.30. The number of fused-ring (bicyclic) bond motifs is 1. The normalized spacial score (nSPS) is 14.9. The van der Waals surface area contributed by atoms with Gasteiger partial charge in [-0.05, 0) is 54.3 Å². The fourth-order valence-corrected chi connectivity index (χ4v) is 3.84. The van der Waals surface area contributed by atoms with Gasteiger partial charge in [0.15, 0.2) is 0 Å². The zero-order valence-electron chi connectivity index (χ0n) is 15.8. The van der Waals surface area contributed by atoms with E-state index in [9.17, 15) is 14.0 Å². The van der Waals surface area contributed by atoms with Crippen LogP contribution in [0.3, 0.4) is 0 Å². The number of halogens is 2. The van der Waals surface area contributed by atoms with Gasteiger partial charge in [-0.1, -0.05) is 29.8 Å². The zero-order valence-corrected chi connectivity index (χ0v) is 16.6. The Morgan fingerprint density at radius 1 is 1.07 bits per heavy atom. The molecule has 7 heteroatoms. The highest BCUT2D eigenvalue weighted by Crippen LogP contribution is 2.23. The quantitative estimate of drug-likeness (QED) is 0.694. The molecule has 1 aliphatic rings. The number of nitrogens with one attached hydrogen (secondary N) is 1. The molecule has 0 fully saturated rings. The van der Waals surface area contributed by atoms with E-state index in [1.54, 1.807) is 0 Å². The minimum absolute atomic E-state index is 0.193. The van der Waals surface area contributed by atoms with Gasteiger partial charge in [-0.15, -0.1) is 0 Å². The average Bonchev–Trinajstić information content (AvgIpc) is 2.72. The molecule has 0 saturated carbocycles. The summed E-state index contributed by atoms with van der Waals surface area (Å²) in [7, 11) is 0. The molecule has 0 saturated heterocycles. The summed E-state index contributed by atoms with van der Waals surface area (Å²) in [6.07, 6.45) is 3.82. The molecule has 150 valence electrons. The van der Waals surface area contributed by atoms with E-state index in [0.717, 1.165) is 41.7 Å². The van der Waals surface area contributed by atoms with Crippen LogP contribution in [0.4, 0.5) is 4.39 Å². The van der Waals surface area contributed by atoms with Crippen molar-refractivity contribution in [3.05, 3.63) is 85.8 Å². The Morgan fingerprint density at radius 3 is 2.59 bits per heavy atom. The number of rotatable bonds is 5. The molecular formula is C22H21ClFN3O2. The minimum Gasteiger partial charge on any atom is -0.307 e. The predicted octanol–water partition coefficient (Wildman–Crippen LogP) is 3.66. The fraction of sp³-hybridized carbons (Fsp3) is 0.273. The average molecular weight is 414 g/mol. The van der Waals surface area contributed by atoms with Gasteiger partial charge in [-0.25, -0.2) is 9.18 Å². The van der Waals surface area contributed by atoms with Gasteiger partial charge >= 0.3 is 5.69 Å². The summed E-state index contributed by atoms with van der Waals surface area (Å²) in [4.78, 5) is 29.7. The van der Waals surface area contributed by atoms with Crippen molar-refractivity contribution in [2.24, 2.45) is 0 Å². The maximum Gasteiger partial charge on any atom is 0.328 e. The van der Waals surface area contributed by atoms with Crippen molar-refractivity contribution in [2.75, 3.05) is 19.6 Å². The number of hydrogen-bond acceptors (Lipinski definition) is 3. The number of H-pyrrole nitrogens is 1. The van der Waals surface area contributed by atoms with E-state index in [1.165, 1.54) is 23.3 Å². The molecule has 0 amide bonds. The Kier molecular flexibility index (Phi) is 5.65. The first-order valence-corrected chi connectivity index (χ1v) is 9.99. The number of nitrogens with zero attached hydrogens (tertiary/aromatic N) is 2. The van der Waals surface area contributed by atoms with Crippen LogP contribution in [-0.2, 0) is 6.54 Å². The maximum absolute atomic E-state index is 13.5. The van der Waals surface area contributed by atoms with E-state index in [2.05, 4.69) is 16.0 Å². The lowest BCUT2D eigenvalue weighted by Crippen LogP contribution is -2.37. The highest BCUT2D eigenvalue weighted by atomic mass is 35.5. The lowest BCUT2D eigenvalue weighted by atomic mass is 9.99. The van der Waals surface area contributed by atoms with Crippen LogP contribution in [-0.4, -0.2) is 34.1 Å². The standard InChI is InChI=1S/C22H21ClFN3O2/c23-17-4-2-15(3-5-17)16-8-12-26(13-9-16)10-1-11-27-21(28)19-14-18(24)6-7-20(19)25-22(27)29/h2-8,14H,1,9-13H2,(H,25,29). The lowest BCUT2D eigenvalue weighted by molar-refractivity contribution is 0.290. The molecule has 0 unspecified atom stereocenters. The van der Waals surface area contributed by atoms with Gasteiger partial charge in [0.25, 0.3) is 5.56 Å². The van der Waals surface area contributed by atoms with Crippen LogP contribution in [0.15, 0.2) is 58.1 Å². The van der Waals surface area contributed by atoms with Gasteiger partial charge in [0.05, 0.1) is 10.9 Å². The van der Waals surface area contributed by atoms with Gasteiger partial charge in [-0.2, -0.15) is 0 Å². The molecule has 29 heavy (non-hydrogen) atoms. The summed E-state index contributed by atoms with van der Waals surface area (Å²) in [6, 6.07) is 11.7. The monoisotopic (exact) mass is 413 g/mol. The first-order chi connectivity index (χ1) is 14.0. The molecule has 3 aromatic rings. The van der Waals surface area contributed by atoms with E-state index >= 15 is 0 Å². The van der Waals surface area contributed by atoms with Gasteiger partial charge in [0.2, 0.25) is 0 Å². The molecule has 1 N–H and O–H groups in total. The molecule has 1 aromatic heterocycles. The second kappa shape index (κ2) is 8.35. The minimum atomic E-state index is -0.496. The molecule has 5 nitrogen and oxygen atoms in total. The Hall–Kier alpha value is -2.70.